The average Bonchev–Trinajstić information content (AvgIpc) is 2.92. The van der Waals surface area contributed by atoms with Gasteiger partial charge in [-0.15, -0.1) is 0 Å². The van der Waals surface area contributed by atoms with Crippen LogP contribution in [-0.4, -0.2) is 28.4 Å². The van der Waals surface area contributed by atoms with Gasteiger partial charge in [0.05, 0.1) is 28.4 Å². The molecule has 0 atom stereocenters. The first-order valence-electron chi connectivity index (χ1n) is 11.7. The van der Waals surface area contributed by atoms with Crippen LogP contribution in [0.4, 0.5) is 0 Å². The lowest BCUT2D eigenvalue weighted by atomic mass is 10.00. The molecule has 4 heteroatoms. The van der Waals surface area contributed by atoms with Crippen LogP contribution in [0.3, 0.4) is 0 Å². The monoisotopic (exact) mass is 478 g/mol. The standard InChI is InChI=1S/C32H30O4/c1-21-17-31(35-5)27(19-29(21)33-3)25-13-9-23(10-14-25)7-8-24-11-15-26(16-12-24)28-20-30(34-4)22(2)18-32(28)36-6/h9-20H,1-6H3. The molecule has 0 amide bonds. The first-order valence-corrected chi connectivity index (χ1v) is 11.7. The van der Waals surface area contributed by atoms with Crippen LogP contribution in [0.2, 0.25) is 0 Å². The van der Waals surface area contributed by atoms with Crippen molar-refractivity contribution in [1.29, 1.82) is 0 Å². The molecule has 36 heavy (non-hydrogen) atoms. The van der Waals surface area contributed by atoms with E-state index in [4.69, 9.17) is 18.9 Å². The Morgan fingerprint density at radius 2 is 0.778 bits per heavy atom. The Balaban J connectivity index is 1.56. The Hall–Kier alpha value is -4.36. The van der Waals surface area contributed by atoms with Crippen LogP contribution in [0.25, 0.3) is 22.3 Å². The normalized spacial score (nSPS) is 10.3. The van der Waals surface area contributed by atoms with E-state index >= 15 is 0 Å². The molecule has 4 rings (SSSR count). The summed E-state index contributed by atoms with van der Waals surface area (Å²) in [5.41, 5.74) is 8.00. The van der Waals surface area contributed by atoms with Crippen molar-refractivity contribution >= 4 is 0 Å². The lowest BCUT2D eigenvalue weighted by molar-refractivity contribution is 0.402. The molecule has 0 spiro atoms. The van der Waals surface area contributed by atoms with E-state index in [1.54, 1.807) is 28.4 Å². The fourth-order valence-electron chi connectivity index (χ4n) is 4.16. The minimum Gasteiger partial charge on any atom is -0.496 e. The van der Waals surface area contributed by atoms with Gasteiger partial charge in [-0.3, -0.25) is 0 Å². The lowest BCUT2D eigenvalue weighted by Crippen LogP contribution is -1.93. The van der Waals surface area contributed by atoms with E-state index in [2.05, 4.69) is 36.1 Å². The summed E-state index contributed by atoms with van der Waals surface area (Å²) in [7, 11) is 6.72. The van der Waals surface area contributed by atoms with Gasteiger partial charge in [0.25, 0.3) is 0 Å². The van der Waals surface area contributed by atoms with Crippen molar-refractivity contribution < 1.29 is 18.9 Å². The summed E-state index contributed by atoms with van der Waals surface area (Å²) >= 11 is 0. The van der Waals surface area contributed by atoms with Crippen molar-refractivity contribution in [1.82, 2.24) is 0 Å². The third-order valence-electron chi connectivity index (χ3n) is 6.18. The van der Waals surface area contributed by atoms with Gasteiger partial charge in [0.2, 0.25) is 0 Å². The summed E-state index contributed by atoms with van der Waals surface area (Å²) in [5.74, 6) is 9.81. The summed E-state index contributed by atoms with van der Waals surface area (Å²) in [4.78, 5) is 0. The van der Waals surface area contributed by atoms with Crippen LogP contribution >= 0.6 is 0 Å². The Morgan fingerprint density at radius 1 is 0.444 bits per heavy atom. The molecule has 4 nitrogen and oxygen atoms in total. The minimum absolute atomic E-state index is 0.815. The largest absolute Gasteiger partial charge is 0.496 e. The fourth-order valence-corrected chi connectivity index (χ4v) is 4.16. The van der Waals surface area contributed by atoms with E-state index in [1.165, 1.54) is 0 Å². The highest BCUT2D eigenvalue weighted by molar-refractivity contribution is 5.75. The maximum absolute atomic E-state index is 5.59. The molecule has 0 aliphatic rings. The van der Waals surface area contributed by atoms with E-state index in [9.17, 15) is 0 Å². The average molecular weight is 479 g/mol. The van der Waals surface area contributed by atoms with Gasteiger partial charge in [0.15, 0.2) is 0 Å². The van der Waals surface area contributed by atoms with Gasteiger partial charge >= 0.3 is 0 Å². The Kier molecular flexibility index (Phi) is 7.51. The molecule has 0 aromatic heterocycles. The van der Waals surface area contributed by atoms with Crippen molar-refractivity contribution in [2.75, 3.05) is 28.4 Å². The molecule has 0 bridgehead atoms. The highest BCUT2D eigenvalue weighted by Crippen LogP contribution is 2.37. The van der Waals surface area contributed by atoms with E-state index in [0.29, 0.717) is 0 Å². The number of aryl methyl sites for hydroxylation is 2. The quantitative estimate of drug-likeness (QED) is 0.278. The topological polar surface area (TPSA) is 36.9 Å². The Bertz CT molecular complexity index is 1310. The predicted molar refractivity (Wildman–Crippen MR) is 145 cm³/mol. The van der Waals surface area contributed by atoms with Gasteiger partial charge in [0.1, 0.15) is 23.0 Å². The van der Waals surface area contributed by atoms with Crippen molar-refractivity contribution in [2.45, 2.75) is 13.8 Å². The number of rotatable bonds is 6. The van der Waals surface area contributed by atoms with Crippen LogP contribution in [0.15, 0.2) is 72.8 Å². The lowest BCUT2D eigenvalue weighted by Gasteiger charge is -2.13. The molecule has 0 N–H and O–H groups in total. The molecule has 182 valence electrons. The Morgan fingerprint density at radius 3 is 1.08 bits per heavy atom. The van der Waals surface area contributed by atoms with Crippen molar-refractivity contribution in [3.8, 4) is 57.1 Å². The number of methoxy groups -OCH3 is 4. The second kappa shape index (κ2) is 10.9. The van der Waals surface area contributed by atoms with E-state index in [-0.39, 0.29) is 0 Å². The number of benzene rings is 4. The molecule has 0 aliphatic heterocycles. The van der Waals surface area contributed by atoms with Crippen LogP contribution in [-0.2, 0) is 0 Å². The van der Waals surface area contributed by atoms with Crippen LogP contribution < -0.4 is 18.9 Å². The zero-order chi connectivity index (χ0) is 25.7. The first kappa shape index (κ1) is 24.8. The van der Waals surface area contributed by atoms with E-state index in [0.717, 1.165) is 67.5 Å². The first-order chi connectivity index (χ1) is 17.5. The second-order valence-electron chi connectivity index (χ2n) is 8.45. The van der Waals surface area contributed by atoms with Gasteiger partial charge in [-0.05, 0) is 84.6 Å². The molecule has 0 heterocycles. The van der Waals surface area contributed by atoms with Gasteiger partial charge in [-0.2, -0.15) is 0 Å². The molecular weight excluding hydrogens is 448 g/mol. The predicted octanol–water partition coefficient (Wildman–Crippen LogP) is 7.07. The van der Waals surface area contributed by atoms with Gasteiger partial charge < -0.3 is 18.9 Å². The van der Waals surface area contributed by atoms with E-state index < -0.39 is 0 Å². The Labute approximate surface area is 213 Å². The number of ether oxygens (including phenoxy) is 4. The van der Waals surface area contributed by atoms with E-state index in [1.807, 2.05) is 62.4 Å². The molecular formula is C32H30O4. The number of hydrogen-bond acceptors (Lipinski definition) is 4. The van der Waals surface area contributed by atoms with Gasteiger partial charge in [-0.1, -0.05) is 36.1 Å². The fraction of sp³-hybridized carbons (Fsp3) is 0.188. The zero-order valence-corrected chi connectivity index (χ0v) is 21.6. The smallest absolute Gasteiger partial charge is 0.127 e. The zero-order valence-electron chi connectivity index (χ0n) is 21.6. The van der Waals surface area contributed by atoms with Crippen LogP contribution in [0, 0.1) is 25.7 Å². The second-order valence-corrected chi connectivity index (χ2v) is 8.45. The SMILES string of the molecule is COc1cc(-c2ccc(C#Cc3ccc(-c4cc(OC)c(C)cc4OC)cc3)cc2)c(OC)cc1C. The molecule has 0 aliphatic carbocycles. The third-order valence-corrected chi connectivity index (χ3v) is 6.18. The highest BCUT2D eigenvalue weighted by Gasteiger charge is 2.12. The maximum Gasteiger partial charge on any atom is 0.127 e. The highest BCUT2D eigenvalue weighted by atomic mass is 16.5. The molecule has 0 saturated heterocycles. The summed E-state index contributed by atoms with van der Waals surface area (Å²) < 4.78 is 22.2. The minimum atomic E-state index is 0.815. The van der Waals surface area contributed by atoms with Gasteiger partial charge in [-0.25, -0.2) is 0 Å². The van der Waals surface area contributed by atoms with Gasteiger partial charge in [0, 0.05) is 22.3 Å². The van der Waals surface area contributed by atoms with Crippen LogP contribution in [0.1, 0.15) is 22.3 Å². The number of hydrogen-bond donors (Lipinski definition) is 0. The summed E-state index contributed by atoms with van der Waals surface area (Å²) in [5, 5.41) is 0. The summed E-state index contributed by atoms with van der Waals surface area (Å²) in [6.07, 6.45) is 0. The van der Waals surface area contributed by atoms with Crippen LogP contribution in [0.5, 0.6) is 23.0 Å². The third kappa shape index (κ3) is 5.16. The molecule has 0 radical (unpaired) electrons. The summed E-state index contributed by atoms with van der Waals surface area (Å²) in [6.45, 7) is 4.01. The molecule has 4 aromatic rings. The summed E-state index contributed by atoms with van der Waals surface area (Å²) in [6, 6.07) is 24.3. The molecule has 0 unspecified atom stereocenters. The molecule has 0 fully saturated rings. The molecule has 0 saturated carbocycles. The van der Waals surface area contributed by atoms with Crippen molar-refractivity contribution in [2.24, 2.45) is 0 Å². The maximum atomic E-state index is 5.59. The van der Waals surface area contributed by atoms with Crippen molar-refractivity contribution in [3.63, 3.8) is 0 Å². The van der Waals surface area contributed by atoms with Crippen molar-refractivity contribution in [3.05, 3.63) is 95.1 Å². The molecule has 4 aromatic carbocycles.